The third kappa shape index (κ3) is 3.73. The number of alkyl halides is 1. The summed E-state index contributed by atoms with van der Waals surface area (Å²) in [5, 5.41) is 2.16. The van der Waals surface area contributed by atoms with E-state index in [1.165, 1.54) is 21.7 Å². The molecule has 2 aliphatic rings. The summed E-state index contributed by atoms with van der Waals surface area (Å²) >= 11 is 3.46. The number of likely N-dealkylation sites (tertiary alicyclic amines) is 2. The predicted molar refractivity (Wildman–Crippen MR) is 106 cm³/mol. The van der Waals surface area contributed by atoms with Gasteiger partial charge < -0.3 is 4.90 Å². The third-order valence-electron chi connectivity index (χ3n) is 5.56. The van der Waals surface area contributed by atoms with Gasteiger partial charge in [0, 0.05) is 35.4 Å². The van der Waals surface area contributed by atoms with Gasteiger partial charge in [-0.1, -0.05) is 0 Å². The fourth-order valence-corrected chi connectivity index (χ4v) is 6.02. The van der Waals surface area contributed by atoms with Crippen LogP contribution in [0.15, 0.2) is 23.6 Å². The molecule has 6 heteroatoms. The van der Waals surface area contributed by atoms with Crippen molar-refractivity contribution in [2.24, 2.45) is 0 Å². The molecule has 1 atom stereocenters. The van der Waals surface area contributed by atoms with Crippen LogP contribution in [0.4, 0.5) is 4.39 Å². The van der Waals surface area contributed by atoms with Gasteiger partial charge in [0.05, 0.1) is 4.88 Å². The molecule has 2 aromatic rings. The molecule has 1 unspecified atom stereocenters. The van der Waals surface area contributed by atoms with Gasteiger partial charge in [-0.2, -0.15) is 0 Å². The molecular formula is C20H25FN2OS2. The Balaban J connectivity index is 1.45. The molecule has 2 aliphatic heterocycles. The minimum absolute atomic E-state index is 0.0757. The molecule has 2 fully saturated rings. The van der Waals surface area contributed by atoms with E-state index in [4.69, 9.17) is 0 Å². The highest BCUT2D eigenvalue weighted by Crippen LogP contribution is 2.38. The normalized spacial score (nSPS) is 22.2. The number of nitrogens with zero attached hydrogens (tertiary/aromatic N) is 2. The van der Waals surface area contributed by atoms with E-state index in [-0.39, 0.29) is 5.91 Å². The Morgan fingerprint density at radius 3 is 2.73 bits per heavy atom. The zero-order valence-electron chi connectivity index (χ0n) is 15.1. The first-order chi connectivity index (χ1) is 12.6. The summed E-state index contributed by atoms with van der Waals surface area (Å²) in [5.74, 6) is 0.0757. The Morgan fingerprint density at radius 1 is 1.19 bits per heavy atom. The lowest BCUT2D eigenvalue weighted by molar-refractivity contribution is 0.0672. The highest BCUT2D eigenvalue weighted by Gasteiger charge is 2.30. The molecule has 2 saturated heterocycles. The molecule has 0 bridgehead atoms. The topological polar surface area (TPSA) is 23.6 Å². The van der Waals surface area contributed by atoms with Gasteiger partial charge in [-0.05, 0) is 68.3 Å². The summed E-state index contributed by atoms with van der Waals surface area (Å²) < 4.78 is 13.3. The van der Waals surface area contributed by atoms with Crippen molar-refractivity contribution < 1.29 is 9.18 Å². The van der Waals surface area contributed by atoms with E-state index in [1.54, 1.807) is 11.3 Å². The van der Waals surface area contributed by atoms with Crippen LogP contribution in [0.2, 0.25) is 0 Å². The lowest BCUT2D eigenvalue weighted by Gasteiger charge is -2.28. The van der Waals surface area contributed by atoms with E-state index < -0.39 is 6.17 Å². The quantitative estimate of drug-likeness (QED) is 0.729. The Bertz CT molecular complexity index is 763. The number of rotatable bonds is 4. The zero-order chi connectivity index (χ0) is 18.1. The first-order valence-electron chi connectivity index (χ1n) is 9.42. The van der Waals surface area contributed by atoms with Gasteiger partial charge in [-0.15, -0.1) is 22.7 Å². The van der Waals surface area contributed by atoms with Crippen molar-refractivity contribution in [3.8, 4) is 0 Å². The van der Waals surface area contributed by atoms with Crippen LogP contribution in [0.3, 0.4) is 0 Å². The van der Waals surface area contributed by atoms with Crippen LogP contribution < -0.4 is 0 Å². The smallest absolute Gasteiger partial charge is 0.263 e. The maximum absolute atomic E-state index is 13.3. The number of hydrogen-bond acceptors (Lipinski definition) is 4. The number of carbonyl (C=O) groups is 1. The van der Waals surface area contributed by atoms with Gasteiger partial charge in [-0.25, -0.2) is 4.39 Å². The summed E-state index contributed by atoms with van der Waals surface area (Å²) in [7, 11) is 0. The van der Waals surface area contributed by atoms with Crippen LogP contribution in [0.25, 0.3) is 0 Å². The number of thiophene rings is 2. The number of halogens is 1. The average molecular weight is 393 g/mol. The molecule has 140 valence electrons. The van der Waals surface area contributed by atoms with Crippen molar-refractivity contribution in [2.75, 3.05) is 19.6 Å². The molecule has 0 N–H and O–H groups in total. The van der Waals surface area contributed by atoms with Crippen LogP contribution in [0.1, 0.15) is 56.7 Å². The molecule has 4 rings (SSSR count). The number of hydrogen-bond donors (Lipinski definition) is 0. The fraction of sp³-hybridized carbons (Fsp3) is 0.550. The molecule has 0 spiro atoms. The SMILES string of the molecule is Cc1ccsc1CN1CCCC1c1ccc(C(=O)N2CCC(F)CC2)s1. The molecule has 0 aliphatic carbocycles. The molecule has 1 amide bonds. The molecule has 4 heterocycles. The molecule has 3 nitrogen and oxygen atoms in total. The summed E-state index contributed by atoms with van der Waals surface area (Å²) in [5.41, 5.74) is 1.37. The predicted octanol–water partition coefficient (Wildman–Crippen LogP) is 5.03. The van der Waals surface area contributed by atoms with Crippen LogP contribution >= 0.6 is 22.7 Å². The molecule has 26 heavy (non-hydrogen) atoms. The highest BCUT2D eigenvalue weighted by molar-refractivity contribution is 7.14. The number of aryl methyl sites for hydroxylation is 1. The van der Waals surface area contributed by atoms with Crippen LogP contribution in [0.5, 0.6) is 0 Å². The number of piperidine rings is 1. The Labute approximate surface area is 162 Å². The van der Waals surface area contributed by atoms with Gasteiger partial charge in [0.15, 0.2) is 0 Å². The molecular weight excluding hydrogens is 367 g/mol. The second kappa shape index (κ2) is 7.79. The summed E-state index contributed by atoms with van der Waals surface area (Å²) in [4.78, 5) is 20.6. The highest BCUT2D eigenvalue weighted by atomic mass is 32.1. The van der Waals surface area contributed by atoms with Gasteiger partial charge in [0.2, 0.25) is 0 Å². The minimum Gasteiger partial charge on any atom is -0.338 e. The van der Waals surface area contributed by atoms with Gasteiger partial charge in [0.25, 0.3) is 5.91 Å². The van der Waals surface area contributed by atoms with Crippen molar-refractivity contribution >= 4 is 28.6 Å². The maximum Gasteiger partial charge on any atom is 0.263 e. The first kappa shape index (κ1) is 18.1. The fourth-order valence-electron chi connectivity index (χ4n) is 3.94. The zero-order valence-corrected chi connectivity index (χ0v) is 16.8. The average Bonchev–Trinajstić information content (AvgIpc) is 3.37. The van der Waals surface area contributed by atoms with E-state index in [2.05, 4.69) is 29.3 Å². The van der Waals surface area contributed by atoms with Crippen molar-refractivity contribution in [3.63, 3.8) is 0 Å². The van der Waals surface area contributed by atoms with E-state index in [9.17, 15) is 9.18 Å². The largest absolute Gasteiger partial charge is 0.338 e. The Kier molecular flexibility index (Phi) is 5.43. The van der Waals surface area contributed by atoms with Crippen molar-refractivity contribution in [1.82, 2.24) is 9.80 Å². The second-order valence-electron chi connectivity index (χ2n) is 7.32. The standard InChI is InChI=1S/C20H25FN2OS2/c1-14-8-12-25-19(14)13-23-9-2-3-16(23)17-4-5-18(26-17)20(24)22-10-6-15(21)7-11-22/h4-5,8,12,15-16H,2-3,6-7,9-11,13H2,1H3. The minimum atomic E-state index is -0.745. The Morgan fingerprint density at radius 2 is 2.00 bits per heavy atom. The van der Waals surface area contributed by atoms with Crippen LogP contribution in [-0.2, 0) is 6.54 Å². The summed E-state index contributed by atoms with van der Waals surface area (Å²) in [6.07, 6.45) is 2.57. The van der Waals surface area contributed by atoms with Crippen molar-refractivity contribution in [1.29, 1.82) is 0 Å². The van der Waals surface area contributed by atoms with Crippen LogP contribution in [-0.4, -0.2) is 41.5 Å². The molecule has 0 saturated carbocycles. The van der Waals surface area contributed by atoms with E-state index >= 15 is 0 Å². The van der Waals surface area contributed by atoms with E-state index in [0.29, 0.717) is 32.0 Å². The van der Waals surface area contributed by atoms with Gasteiger partial charge in [0.1, 0.15) is 6.17 Å². The van der Waals surface area contributed by atoms with Crippen molar-refractivity contribution in [2.45, 2.75) is 51.4 Å². The molecule has 0 aromatic carbocycles. The van der Waals surface area contributed by atoms with Gasteiger partial charge in [-0.3, -0.25) is 9.69 Å². The number of carbonyl (C=O) groups excluding carboxylic acids is 1. The lowest BCUT2D eigenvalue weighted by atomic mass is 10.1. The first-order valence-corrected chi connectivity index (χ1v) is 11.1. The summed E-state index contributed by atoms with van der Waals surface area (Å²) in [6.45, 7) is 5.38. The number of amides is 1. The third-order valence-corrected chi connectivity index (χ3v) is 7.74. The van der Waals surface area contributed by atoms with Crippen LogP contribution in [0, 0.1) is 6.92 Å². The molecule has 0 radical (unpaired) electrons. The van der Waals surface area contributed by atoms with E-state index in [0.717, 1.165) is 24.4 Å². The van der Waals surface area contributed by atoms with E-state index in [1.807, 2.05) is 22.3 Å². The van der Waals surface area contributed by atoms with Gasteiger partial charge >= 0.3 is 0 Å². The Hall–Kier alpha value is -1.24. The maximum atomic E-state index is 13.3. The summed E-state index contributed by atoms with van der Waals surface area (Å²) in [6, 6.07) is 6.70. The lowest BCUT2D eigenvalue weighted by Crippen LogP contribution is -2.38. The van der Waals surface area contributed by atoms with Crippen molar-refractivity contribution in [3.05, 3.63) is 43.8 Å². The monoisotopic (exact) mass is 392 g/mol. The second-order valence-corrected chi connectivity index (χ2v) is 9.44. The molecule has 2 aromatic heterocycles.